The molecule has 0 spiro atoms. The minimum atomic E-state index is -0.532. The minimum absolute atomic E-state index is 0.0182. The molecule has 2 nitrogen and oxygen atoms in total. The fraction of sp³-hybridized carbons (Fsp3) is 0.647. The first kappa shape index (κ1) is 17.4. The Hall–Kier alpha value is -0.637. The molecule has 0 saturated carbocycles. The van der Waals surface area contributed by atoms with E-state index in [1.54, 1.807) is 0 Å². The van der Waals surface area contributed by atoms with Gasteiger partial charge < -0.3 is 0 Å². The van der Waals surface area contributed by atoms with Crippen LogP contribution in [0.1, 0.15) is 66.5 Å². The summed E-state index contributed by atoms with van der Waals surface area (Å²) < 4.78 is 6.56. The zero-order valence-corrected chi connectivity index (χ0v) is 16.2. The summed E-state index contributed by atoms with van der Waals surface area (Å²) in [5.41, 5.74) is 2.23. The monoisotopic (exact) mass is 338 g/mol. The van der Waals surface area contributed by atoms with Gasteiger partial charge in [-0.05, 0) is 0 Å². The van der Waals surface area contributed by atoms with Gasteiger partial charge in [0.2, 0.25) is 0 Å². The summed E-state index contributed by atoms with van der Waals surface area (Å²) in [6.45, 7) is 17.3. The molecule has 0 atom stereocenters. The quantitative estimate of drug-likeness (QED) is 0.802. The molecule has 0 bridgehead atoms. The summed E-state index contributed by atoms with van der Waals surface area (Å²) in [6.07, 6.45) is 0. The van der Waals surface area contributed by atoms with E-state index in [1.807, 2.05) is 6.07 Å². The van der Waals surface area contributed by atoms with Gasteiger partial charge in [-0.3, -0.25) is 0 Å². The number of aromatic hydroxyl groups is 1. The SMILES string of the molecule is C[CH](C)[Ge][O]c1c(O)cc(C(C)(C)C)cc1C(C)(C)C. The summed E-state index contributed by atoms with van der Waals surface area (Å²) >= 11 is -0.532. The van der Waals surface area contributed by atoms with Crippen molar-refractivity contribution < 1.29 is 8.87 Å². The molecule has 0 fully saturated rings. The number of phenols is 1. The molecule has 0 unspecified atom stereocenters. The third-order valence-electron chi connectivity index (χ3n) is 3.14. The molecular formula is C17H28GeO2. The van der Waals surface area contributed by atoms with Crippen LogP contribution in [0, 0.1) is 0 Å². The summed E-state index contributed by atoms with van der Waals surface area (Å²) in [6, 6.07) is 4.05. The van der Waals surface area contributed by atoms with Crippen molar-refractivity contribution in [3.63, 3.8) is 0 Å². The fourth-order valence-electron chi connectivity index (χ4n) is 1.89. The molecular weight excluding hydrogens is 309 g/mol. The van der Waals surface area contributed by atoms with Crippen LogP contribution in [0.25, 0.3) is 0 Å². The van der Waals surface area contributed by atoms with E-state index >= 15 is 0 Å². The van der Waals surface area contributed by atoms with Crippen LogP contribution >= 0.6 is 0 Å². The van der Waals surface area contributed by atoms with E-state index in [0.29, 0.717) is 10.5 Å². The van der Waals surface area contributed by atoms with E-state index in [0.717, 1.165) is 11.1 Å². The molecule has 0 aliphatic carbocycles. The molecule has 0 saturated heterocycles. The van der Waals surface area contributed by atoms with E-state index in [2.05, 4.69) is 61.5 Å². The molecule has 0 aliphatic rings. The molecule has 0 aliphatic heterocycles. The van der Waals surface area contributed by atoms with Crippen molar-refractivity contribution in [3.8, 4) is 11.5 Å². The number of benzene rings is 1. The van der Waals surface area contributed by atoms with Crippen LogP contribution in [0.5, 0.6) is 11.5 Å². The van der Waals surface area contributed by atoms with E-state index in [-0.39, 0.29) is 16.6 Å². The Bertz CT molecular complexity index is 465. The second-order valence-corrected chi connectivity index (χ2v) is 11.1. The molecule has 1 rings (SSSR count). The Balaban J connectivity index is 3.36. The second kappa shape index (κ2) is 6.00. The van der Waals surface area contributed by atoms with E-state index in [9.17, 15) is 5.11 Å². The first-order valence-corrected chi connectivity index (χ1v) is 9.30. The van der Waals surface area contributed by atoms with Crippen LogP contribution in [0.4, 0.5) is 0 Å². The van der Waals surface area contributed by atoms with Gasteiger partial charge in [0.05, 0.1) is 0 Å². The summed E-state index contributed by atoms with van der Waals surface area (Å²) in [5, 5.41) is 10.4. The predicted octanol–water partition coefficient (Wildman–Crippen LogP) is 4.81. The molecule has 0 heterocycles. The first-order chi connectivity index (χ1) is 8.93. The van der Waals surface area contributed by atoms with E-state index < -0.39 is 15.8 Å². The Labute approximate surface area is 130 Å². The normalized spacial score (nSPS) is 12.8. The topological polar surface area (TPSA) is 29.5 Å². The molecule has 1 aromatic carbocycles. The van der Waals surface area contributed by atoms with Crippen LogP contribution in [0.2, 0.25) is 4.75 Å². The maximum absolute atomic E-state index is 10.4. The summed E-state index contributed by atoms with van der Waals surface area (Å²) in [5.74, 6) is 0.978. The zero-order chi connectivity index (χ0) is 15.7. The Kier molecular flexibility index (Phi) is 5.23. The van der Waals surface area contributed by atoms with Crippen molar-refractivity contribution >= 4 is 15.8 Å². The van der Waals surface area contributed by atoms with Crippen molar-refractivity contribution in [1.29, 1.82) is 0 Å². The molecule has 0 amide bonds. The van der Waals surface area contributed by atoms with Gasteiger partial charge in [0, 0.05) is 0 Å². The summed E-state index contributed by atoms with van der Waals surface area (Å²) in [7, 11) is 0. The molecule has 1 aromatic rings. The van der Waals surface area contributed by atoms with Gasteiger partial charge in [-0.15, -0.1) is 0 Å². The molecule has 112 valence electrons. The van der Waals surface area contributed by atoms with Crippen LogP contribution in [-0.4, -0.2) is 20.9 Å². The van der Waals surface area contributed by atoms with Crippen LogP contribution in [-0.2, 0) is 10.8 Å². The van der Waals surface area contributed by atoms with Crippen molar-refractivity contribution in [1.82, 2.24) is 0 Å². The van der Waals surface area contributed by atoms with Crippen LogP contribution < -0.4 is 3.76 Å². The fourth-order valence-corrected chi connectivity index (χ4v) is 3.08. The maximum atomic E-state index is 10.4. The van der Waals surface area contributed by atoms with Gasteiger partial charge in [-0.1, -0.05) is 0 Å². The first-order valence-electron chi connectivity index (χ1n) is 7.23. The average molecular weight is 337 g/mol. The third kappa shape index (κ3) is 4.44. The van der Waals surface area contributed by atoms with Gasteiger partial charge in [0.1, 0.15) is 0 Å². The molecule has 0 aromatic heterocycles. The Morgan fingerprint density at radius 2 is 1.55 bits per heavy atom. The third-order valence-corrected chi connectivity index (χ3v) is 4.80. The van der Waals surface area contributed by atoms with Gasteiger partial charge in [-0.2, -0.15) is 0 Å². The van der Waals surface area contributed by atoms with Crippen LogP contribution in [0.3, 0.4) is 0 Å². The van der Waals surface area contributed by atoms with Gasteiger partial charge >= 0.3 is 130 Å². The van der Waals surface area contributed by atoms with Crippen LogP contribution in [0.15, 0.2) is 12.1 Å². The second-order valence-electron chi connectivity index (χ2n) is 7.75. The van der Waals surface area contributed by atoms with Crippen molar-refractivity contribution in [2.24, 2.45) is 0 Å². The number of hydrogen-bond acceptors (Lipinski definition) is 2. The zero-order valence-electron chi connectivity index (χ0n) is 14.1. The Morgan fingerprint density at radius 1 is 1.00 bits per heavy atom. The molecule has 1 N–H and O–H groups in total. The Morgan fingerprint density at radius 3 is 1.95 bits per heavy atom. The molecule has 2 radical (unpaired) electrons. The number of rotatable bonds is 3. The summed E-state index contributed by atoms with van der Waals surface area (Å²) in [4.78, 5) is 0. The van der Waals surface area contributed by atoms with Gasteiger partial charge in [0.25, 0.3) is 0 Å². The average Bonchev–Trinajstić information content (AvgIpc) is 2.23. The van der Waals surface area contributed by atoms with Crippen molar-refractivity contribution in [3.05, 3.63) is 23.3 Å². The molecule has 20 heavy (non-hydrogen) atoms. The standard InChI is InChI=1S/C17H28GeO2/c1-11(2)18-20-15-13(17(6,7)8)9-12(10-14(15)19)16(3,4)5/h9-11,19H,1-8H3. The van der Waals surface area contributed by atoms with E-state index in [4.69, 9.17) is 3.76 Å². The van der Waals surface area contributed by atoms with Gasteiger partial charge in [-0.25, -0.2) is 0 Å². The number of hydrogen-bond donors (Lipinski definition) is 1. The molecule has 3 heteroatoms. The van der Waals surface area contributed by atoms with Crippen molar-refractivity contribution in [2.45, 2.75) is 71.0 Å². The number of phenolic OH excluding ortho intramolecular Hbond substituents is 1. The van der Waals surface area contributed by atoms with Gasteiger partial charge in [0.15, 0.2) is 0 Å². The van der Waals surface area contributed by atoms with E-state index in [1.165, 1.54) is 0 Å². The predicted molar refractivity (Wildman–Crippen MR) is 87.0 cm³/mol. The van der Waals surface area contributed by atoms with Crippen molar-refractivity contribution in [2.75, 3.05) is 0 Å².